The minimum Gasteiger partial charge on any atom is -0.457 e. The highest BCUT2D eigenvalue weighted by Crippen LogP contribution is 2.42. The van der Waals surface area contributed by atoms with Crippen LogP contribution in [-0.4, -0.2) is 26.6 Å². The molecule has 2 aromatic heterocycles. The van der Waals surface area contributed by atoms with Crippen molar-refractivity contribution in [2.45, 2.75) is 52.4 Å². The van der Waals surface area contributed by atoms with Gasteiger partial charge in [0.2, 0.25) is 5.60 Å². The molecule has 1 atom stereocenters. The zero-order valence-corrected chi connectivity index (χ0v) is 22.6. The number of carbonyl (C=O) groups is 2. The van der Waals surface area contributed by atoms with Gasteiger partial charge in [0.25, 0.3) is 11.2 Å². The molecule has 6 rings (SSSR count). The van der Waals surface area contributed by atoms with Gasteiger partial charge in [0, 0.05) is 28.6 Å². The Morgan fingerprint density at radius 3 is 2.56 bits per heavy atom. The highest BCUT2D eigenvalue weighted by atomic mass is 16.7. The summed E-state index contributed by atoms with van der Waals surface area (Å²) in [6, 6.07) is 12.6. The van der Waals surface area contributed by atoms with Crippen molar-refractivity contribution in [3.63, 3.8) is 0 Å². The number of fused-ring (bicyclic) bond motifs is 5. The minimum atomic E-state index is -1.94. The summed E-state index contributed by atoms with van der Waals surface area (Å²) in [7, 11) is 0. The van der Waals surface area contributed by atoms with Crippen molar-refractivity contribution in [3.05, 3.63) is 96.8 Å². The number of nitro groups is 1. The van der Waals surface area contributed by atoms with Crippen molar-refractivity contribution in [2.75, 3.05) is 0 Å². The molecule has 2 aliphatic rings. The molecule has 0 fully saturated rings. The molecule has 0 radical (unpaired) electrons. The van der Waals surface area contributed by atoms with Crippen LogP contribution in [0.3, 0.4) is 0 Å². The van der Waals surface area contributed by atoms with Crippen LogP contribution in [0.25, 0.3) is 22.3 Å². The molecule has 4 heterocycles. The fourth-order valence-electron chi connectivity index (χ4n) is 5.73. The fraction of sp³-hybridized carbons (Fsp3) is 0.267. The number of nitrogens with zero attached hydrogens (tertiary/aromatic N) is 3. The van der Waals surface area contributed by atoms with Gasteiger partial charge >= 0.3 is 12.1 Å². The number of ether oxygens (including phenoxy) is 3. The van der Waals surface area contributed by atoms with Crippen LogP contribution in [0.5, 0.6) is 5.75 Å². The third-order valence-electron chi connectivity index (χ3n) is 7.79. The van der Waals surface area contributed by atoms with Crippen LogP contribution in [0.1, 0.15) is 48.1 Å². The normalized spacial score (nSPS) is 16.9. The zero-order valence-electron chi connectivity index (χ0n) is 22.6. The number of carbonyl (C=O) groups excluding carboxylic acids is 2. The van der Waals surface area contributed by atoms with Crippen LogP contribution in [0.2, 0.25) is 0 Å². The number of rotatable bonds is 5. The maximum Gasteiger partial charge on any atom is 0.515 e. The highest BCUT2D eigenvalue weighted by Gasteiger charge is 2.51. The van der Waals surface area contributed by atoms with Crippen molar-refractivity contribution in [3.8, 4) is 17.1 Å². The molecule has 0 saturated heterocycles. The molecule has 41 heavy (non-hydrogen) atoms. The maximum atomic E-state index is 13.8. The lowest BCUT2D eigenvalue weighted by Gasteiger charge is -2.35. The lowest BCUT2D eigenvalue weighted by molar-refractivity contribution is -0.384. The van der Waals surface area contributed by atoms with E-state index in [1.54, 1.807) is 17.6 Å². The lowest BCUT2D eigenvalue weighted by atomic mass is 9.85. The third-order valence-corrected chi connectivity index (χ3v) is 7.79. The van der Waals surface area contributed by atoms with Gasteiger partial charge in [-0.15, -0.1) is 0 Å². The van der Waals surface area contributed by atoms with Gasteiger partial charge in [-0.3, -0.25) is 14.9 Å². The molecule has 0 N–H and O–H groups in total. The van der Waals surface area contributed by atoms with E-state index in [-0.39, 0.29) is 41.2 Å². The summed E-state index contributed by atoms with van der Waals surface area (Å²) in [5, 5.41) is 12.0. The number of cyclic esters (lactones) is 1. The van der Waals surface area contributed by atoms with Gasteiger partial charge in [-0.1, -0.05) is 25.5 Å². The van der Waals surface area contributed by atoms with Gasteiger partial charge in [-0.2, -0.15) is 0 Å². The Hall–Kier alpha value is -5.06. The van der Waals surface area contributed by atoms with Crippen LogP contribution in [0.4, 0.5) is 10.5 Å². The van der Waals surface area contributed by atoms with Gasteiger partial charge in [-0.25, -0.2) is 14.6 Å². The monoisotopic (exact) mass is 555 g/mol. The van der Waals surface area contributed by atoms with E-state index in [2.05, 4.69) is 13.0 Å². The molecule has 0 saturated carbocycles. The Bertz CT molecular complexity index is 1840. The molecule has 11 heteroatoms. The smallest absolute Gasteiger partial charge is 0.457 e. The van der Waals surface area contributed by atoms with Gasteiger partial charge in [0.1, 0.15) is 12.4 Å². The van der Waals surface area contributed by atoms with E-state index in [0.717, 1.165) is 34.0 Å². The molecule has 2 aromatic carbocycles. The first kappa shape index (κ1) is 26.2. The number of hydrogen-bond acceptors (Lipinski definition) is 9. The molecular weight excluding hydrogens is 530 g/mol. The Balaban J connectivity index is 1.44. The van der Waals surface area contributed by atoms with Crippen molar-refractivity contribution in [2.24, 2.45) is 0 Å². The second-order valence-electron chi connectivity index (χ2n) is 10.1. The van der Waals surface area contributed by atoms with Crippen LogP contribution in [0.15, 0.2) is 53.3 Å². The van der Waals surface area contributed by atoms with Gasteiger partial charge in [0.15, 0.2) is 0 Å². The average Bonchev–Trinajstić information content (AvgIpc) is 3.32. The van der Waals surface area contributed by atoms with Gasteiger partial charge < -0.3 is 18.8 Å². The molecule has 0 bridgehead atoms. The predicted octanol–water partition coefficient (Wildman–Crippen LogP) is 5.08. The zero-order chi connectivity index (χ0) is 29.1. The summed E-state index contributed by atoms with van der Waals surface area (Å²) in [6.45, 7) is 5.78. The van der Waals surface area contributed by atoms with E-state index >= 15 is 0 Å². The van der Waals surface area contributed by atoms with Crippen molar-refractivity contribution < 1.29 is 28.7 Å². The summed E-state index contributed by atoms with van der Waals surface area (Å²) < 4.78 is 17.9. The summed E-state index contributed by atoms with van der Waals surface area (Å²) in [4.78, 5) is 55.2. The molecule has 208 valence electrons. The predicted molar refractivity (Wildman–Crippen MR) is 147 cm³/mol. The number of aryl methyl sites for hydroxylation is 2. The number of hydrogen-bond donors (Lipinski definition) is 0. The van der Waals surface area contributed by atoms with E-state index < -0.39 is 22.6 Å². The van der Waals surface area contributed by atoms with E-state index in [1.807, 2.05) is 19.1 Å². The van der Waals surface area contributed by atoms with E-state index in [0.29, 0.717) is 17.9 Å². The molecule has 11 nitrogen and oxygen atoms in total. The van der Waals surface area contributed by atoms with Crippen LogP contribution in [-0.2, 0) is 39.4 Å². The maximum absolute atomic E-state index is 13.8. The largest absolute Gasteiger partial charge is 0.515 e. The van der Waals surface area contributed by atoms with E-state index in [4.69, 9.17) is 19.2 Å². The number of pyridine rings is 2. The second-order valence-corrected chi connectivity index (χ2v) is 10.1. The van der Waals surface area contributed by atoms with E-state index in [9.17, 15) is 24.5 Å². The Kier molecular flexibility index (Phi) is 6.09. The molecule has 1 unspecified atom stereocenters. The van der Waals surface area contributed by atoms with Gasteiger partial charge in [0.05, 0.1) is 33.9 Å². The third kappa shape index (κ3) is 4.03. The van der Waals surface area contributed by atoms with Gasteiger partial charge in [-0.05, 0) is 55.7 Å². The highest BCUT2D eigenvalue weighted by molar-refractivity contribution is 5.90. The number of non-ortho nitro benzene ring substituents is 1. The molecular formula is C30H25N3O8. The standard InChI is InChI=1S/C30H25N3O8/c1-4-19-20-12-16(3)6-11-24(20)31-26-21(19)14-32-25(26)13-23-22(27(32)34)15-39-28(35)30(23,5-2)41-29(36)40-18-9-7-17(8-10-18)33(37)38/h6-13H,4-5,14-15H2,1-3H3. The van der Waals surface area contributed by atoms with E-state index in [1.165, 1.54) is 24.3 Å². The molecule has 2 aliphatic heterocycles. The quantitative estimate of drug-likeness (QED) is 0.126. The topological polar surface area (TPSA) is 140 Å². The summed E-state index contributed by atoms with van der Waals surface area (Å²) in [6.07, 6.45) is -0.515. The number of nitro benzene ring substituents is 1. The molecule has 0 amide bonds. The van der Waals surface area contributed by atoms with Crippen LogP contribution >= 0.6 is 0 Å². The SMILES string of the molecule is CCc1c2c(nc3ccc(C)cc13)-c1cc3c(c(=O)n1C2)COC(=O)C3(CC)OC(=O)Oc1ccc([N+](=O)[O-])cc1. The summed E-state index contributed by atoms with van der Waals surface area (Å²) in [5.41, 5.74) is 3.10. The molecule has 4 aromatic rings. The second kappa shape index (κ2) is 9.54. The number of benzene rings is 2. The summed E-state index contributed by atoms with van der Waals surface area (Å²) >= 11 is 0. The van der Waals surface area contributed by atoms with Crippen LogP contribution < -0.4 is 10.3 Å². The van der Waals surface area contributed by atoms with Crippen molar-refractivity contribution >= 4 is 28.7 Å². The van der Waals surface area contributed by atoms with Crippen molar-refractivity contribution in [1.29, 1.82) is 0 Å². The first-order chi connectivity index (χ1) is 19.7. The minimum absolute atomic E-state index is 0.0161. The van der Waals surface area contributed by atoms with Crippen molar-refractivity contribution in [1.82, 2.24) is 9.55 Å². The Morgan fingerprint density at radius 2 is 1.88 bits per heavy atom. The number of esters is 1. The summed E-state index contributed by atoms with van der Waals surface area (Å²) in [5.74, 6) is -0.843. The Morgan fingerprint density at radius 1 is 1.12 bits per heavy atom. The van der Waals surface area contributed by atoms with Crippen LogP contribution in [0, 0.1) is 17.0 Å². The fourth-order valence-corrected chi connectivity index (χ4v) is 5.73. The Labute approximate surface area is 233 Å². The first-order valence-corrected chi connectivity index (χ1v) is 13.2. The molecule has 0 aliphatic carbocycles. The first-order valence-electron chi connectivity index (χ1n) is 13.2. The molecule has 0 spiro atoms. The average molecular weight is 556 g/mol. The number of aromatic nitrogens is 2. The lowest BCUT2D eigenvalue weighted by Crippen LogP contribution is -2.47.